The number of carbonyl (C=O) groups excluding carboxylic acids is 1. The van der Waals surface area contributed by atoms with Crippen molar-refractivity contribution in [1.29, 1.82) is 0 Å². The molecule has 1 rings (SSSR count). The van der Waals surface area contributed by atoms with E-state index in [2.05, 4.69) is 20.7 Å². The van der Waals surface area contributed by atoms with Gasteiger partial charge in [0.25, 0.3) is 0 Å². The van der Waals surface area contributed by atoms with Crippen LogP contribution in [0.25, 0.3) is 0 Å². The van der Waals surface area contributed by atoms with Gasteiger partial charge in [0.15, 0.2) is 9.84 Å². The topological polar surface area (TPSA) is 60.4 Å². The van der Waals surface area contributed by atoms with E-state index in [0.717, 1.165) is 4.47 Å². The van der Waals surface area contributed by atoms with Gasteiger partial charge in [-0.3, -0.25) is 4.79 Å². The summed E-state index contributed by atoms with van der Waals surface area (Å²) >= 11 is 3.23. The molecule has 17 heavy (non-hydrogen) atoms. The van der Waals surface area contributed by atoms with Gasteiger partial charge in [0.1, 0.15) is 0 Å². The molecule has 0 aliphatic rings. The Bertz CT molecular complexity index is 479. The molecule has 0 heterocycles. The SMILES string of the molecule is CCOC(=O)CCS(=O)(=O)c1ccc(Br)cc1. The van der Waals surface area contributed by atoms with Gasteiger partial charge in [-0.05, 0) is 31.2 Å². The van der Waals surface area contributed by atoms with Gasteiger partial charge in [0.05, 0.1) is 23.7 Å². The van der Waals surface area contributed by atoms with Gasteiger partial charge in [-0.15, -0.1) is 0 Å². The average molecular weight is 321 g/mol. The smallest absolute Gasteiger partial charge is 0.306 e. The predicted octanol–water partition coefficient (Wildman–Crippen LogP) is 2.18. The molecule has 94 valence electrons. The van der Waals surface area contributed by atoms with Crippen molar-refractivity contribution >= 4 is 31.7 Å². The number of rotatable bonds is 5. The molecular formula is C11H13BrO4S. The van der Waals surface area contributed by atoms with Gasteiger partial charge in [0.2, 0.25) is 0 Å². The minimum atomic E-state index is -3.41. The molecule has 0 saturated carbocycles. The minimum Gasteiger partial charge on any atom is -0.466 e. The number of hydrogen-bond donors (Lipinski definition) is 0. The summed E-state index contributed by atoms with van der Waals surface area (Å²) in [5.74, 6) is -0.721. The molecule has 4 nitrogen and oxygen atoms in total. The van der Waals surface area contributed by atoms with E-state index in [4.69, 9.17) is 0 Å². The Balaban J connectivity index is 2.69. The van der Waals surface area contributed by atoms with Crippen LogP contribution < -0.4 is 0 Å². The van der Waals surface area contributed by atoms with Crippen molar-refractivity contribution in [3.63, 3.8) is 0 Å². The number of esters is 1. The van der Waals surface area contributed by atoms with Crippen molar-refractivity contribution in [3.05, 3.63) is 28.7 Å². The van der Waals surface area contributed by atoms with Gasteiger partial charge in [-0.2, -0.15) is 0 Å². The molecule has 0 spiro atoms. The van der Waals surface area contributed by atoms with Crippen LogP contribution in [-0.4, -0.2) is 26.7 Å². The average Bonchev–Trinajstić information content (AvgIpc) is 2.28. The summed E-state index contributed by atoms with van der Waals surface area (Å²) in [6.07, 6.45) is -0.119. The van der Waals surface area contributed by atoms with E-state index in [9.17, 15) is 13.2 Å². The van der Waals surface area contributed by atoms with Crippen LogP contribution in [0.15, 0.2) is 33.6 Å². The van der Waals surface area contributed by atoms with Crippen LogP contribution in [0, 0.1) is 0 Å². The van der Waals surface area contributed by atoms with Crippen LogP contribution >= 0.6 is 15.9 Å². The van der Waals surface area contributed by atoms with E-state index < -0.39 is 15.8 Å². The number of carbonyl (C=O) groups is 1. The molecule has 0 radical (unpaired) electrons. The first kappa shape index (κ1) is 14.2. The Morgan fingerprint density at radius 2 is 1.88 bits per heavy atom. The molecule has 0 aliphatic heterocycles. The molecule has 0 bridgehead atoms. The summed E-state index contributed by atoms with van der Waals surface area (Å²) in [4.78, 5) is 11.3. The lowest BCUT2D eigenvalue weighted by atomic mass is 10.4. The number of halogens is 1. The molecule has 1 aromatic carbocycles. The molecule has 0 atom stereocenters. The largest absolute Gasteiger partial charge is 0.466 e. The van der Waals surface area contributed by atoms with E-state index in [-0.39, 0.29) is 23.7 Å². The first-order valence-electron chi connectivity index (χ1n) is 5.09. The van der Waals surface area contributed by atoms with Gasteiger partial charge >= 0.3 is 5.97 Å². The quantitative estimate of drug-likeness (QED) is 0.780. The summed E-state index contributed by atoms with van der Waals surface area (Å²) in [6, 6.07) is 6.31. The van der Waals surface area contributed by atoms with Crippen molar-refractivity contribution in [3.8, 4) is 0 Å². The third-order valence-corrected chi connectivity index (χ3v) is 4.31. The minimum absolute atomic E-state index is 0.119. The fraction of sp³-hybridized carbons (Fsp3) is 0.364. The van der Waals surface area contributed by atoms with Gasteiger partial charge < -0.3 is 4.74 Å². The first-order valence-corrected chi connectivity index (χ1v) is 7.54. The van der Waals surface area contributed by atoms with E-state index in [1.807, 2.05) is 0 Å². The summed E-state index contributed by atoms with van der Waals surface area (Å²) < 4.78 is 29.1. The van der Waals surface area contributed by atoms with Gasteiger partial charge in [-0.1, -0.05) is 15.9 Å². The molecule has 0 amide bonds. The zero-order chi connectivity index (χ0) is 12.9. The highest BCUT2D eigenvalue weighted by atomic mass is 79.9. The fourth-order valence-electron chi connectivity index (χ4n) is 1.21. The monoisotopic (exact) mass is 320 g/mol. The number of ether oxygens (including phenoxy) is 1. The van der Waals surface area contributed by atoms with Crippen LogP contribution in [0.3, 0.4) is 0 Å². The molecule has 0 unspecified atom stereocenters. The lowest BCUT2D eigenvalue weighted by molar-refractivity contribution is -0.142. The molecule has 0 N–H and O–H groups in total. The van der Waals surface area contributed by atoms with Gasteiger partial charge in [0, 0.05) is 4.47 Å². The normalized spacial score (nSPS) is 11.2. The van der Waals surface area contributed by atoms with E-state index in [0.29, 0.717) is 0 Å². The van der Waals surface area contributed by atoms with E-state index >= 15 is 0 Å². The lowest BCUT2D eigenvalue weighted by Crippen LogP contribution is -2.13. The zero-order valence-corrected chi connectivity index (χ0v) is 11.8. The summed E-state index contributed by atoms with van der Waals surface area (Å²) in [5, 5.41) is 0. The Morgan fingerprint density at radius 3 is 2.41 bits per heavy atom. The van der Waals surface area contributed by atoms with Crippen LogP contribution in [-0.2, 0) is 19.4 Å². The first-order chi connectivity index (χ1) is 7.95. The summed E-state index contributed by atoms with van der Waals surface area (Å²) in [7, 11) is -3.41. The third kappa shape index (κ3) is 4.47. The van der Waals surface area contributed by atoms with E-state index in [1.54, 1.807) is 19.1 Å². The van der Waals surface area contributed by atoms with Crippen LogP contribution in [0.1, 0.15) is 13.3 Å². The van der Waals surface area contributed by atoms with Gasteiger partial charge in [-0.25, -0.2) is 8.42 Å². The Morgan fingerprint density at radius 1 is 1.29 bits per heavy atom. The standard InChI is InChI=1S/C11H13BrO4S/c1-2-16-11(13)7-8-17(14,15)10-5-3-9(12)4-6-10/h3-6H,2,7-8H2,1H3. The fourth-order valence-corrected chi connectivity index (χ4v) is 2.70. The molecule has 0 fully saturated rings. The zero-order valence-electron chi connectivity index (χ0n) is 9.35. The number of hydrogen-bond acceptors (Lipinski definition) is 4. The maximum absolute atomic E-state index is 11.8. The lowest BCUT2D eigenvalue weighted by Gasteiger charge is -2.04. The second kappa shape index (κ2) is 6.16. The Labute approximate surface area is 109 Å². The molecule has 0 aliphatic carbocycles. The van der Waals surface area contributed by atoms with Crippen molar-refractivity contribution in [2.45, 2.75) is 18.2 Å². The van der Waals surface area contributed by atoms with E-state index in [1.165, 1.54) is 12.1 Å². The third-order valence-electron chi connectivity index (χ3n) is 2.05. The maximum Gasteiger partial charge on any atom is 0.306 e. The highest BCUT2D eigenvalue weighted by Crippen LogP contribution is 2.16. The molecule has 1 aromatic rings. The second-order valence-electron chi connectivity index (χ2n) is 3.33. The second-order valence-corrected chi connectivity index (χ2v) is 6.35. The number of benzene rings is 1. The van der Waals surface area contributed by atoms with Crippen LogP contribution in [0.4, 0.5) is 0 Å². The predicted molar refractivity (Wildman–Crippen MR) is 67.4 cm³/mol. The maximum atomic E-state index is 11.8. The summed E-state index contributed by atoms with van der Waals surface area (Å²) in [5.41, 5.74) is 0. The highest BCUT2D eigenvalue weighted by Gasteiger charge is 2.16. The van der Waals surface area contributed by atoms with Crippen molar-refractivity contribution < 1.29 is 17.9 Å². The van der Waals surface area contributed by atoms with Crippen LogP contribution in [0.2, 0.25) is 0 Å². The molecule has 0 aromatic heterocycles. The molecule has 0 saturated heterocycles. The highest BCUT2D eigenvalue weighted by molar-refractivity contribution is 9.10. The van der Waals surface area contributed by atoms with Crippen molar-refractivity contribution in [1.82, 2.24) is 0 Å². The van der Waals surface area contributed by atoms with Crippen LogP contribution in [0.5, 0.6) is 0 Å². The van der Waals surface area contributed by atoms with Crippen molar-refractivity contribution in [2.24, 2.45) is 0 Å². The molecule has 6 heteroatoms. The Kier molecular flexibility index (Phi) is 5.14. The summed E-state index contributed by atoms with van der Waals surface area (Å²) in [6.45, 7) is 1.94. The Hall–Kier alpha value is -0.880. The number of sulfone groups is 1. The van der Waals surface area contributed by atoms with Crippen molar-refractivity contribution in [2.75, 3.05) is 12.4 Å². The molecular weight excluding hydrogens is 308 g/mol.